The third-order valence-electron chi connectivity index (χ3n) is 5.24. The first-order valence-corrected chi connectivity index (χ1v) is 16.6. The molecule has 0 saturated carbocycles. The average molecular weight is 385 g/mol. The molecule has 134 valence electrons. The van der Waals surface area contributed by atoms with Gasteiger partial charge in [0.15, 0.2) is 16.6 Å². The molecule has 0 aliphatic carbocycles. The summed E-state index contributed by atoms with van der Waals surface area (Å²) in [6.45, 7) is 13.2. The Hall–Kier alpha value is 0.821. The molecule has 7 heteroatoms. The van der Waals surface area contributed by atoms with Crippen molar-refractivity contribution in [3.63, 3.8) is 0 Å². The SMILES string of the molecule is CC[Si](CC)(CC)O[Si](O)(CCCCl)O[Si](CC)(CC)CC. The number of rotatable bonds is 13. The van der Waals surface area contributed by atoms with Gasteiger partial charge >= 0.3 is 8.80 Å². The number of hydrogen-bond donors (Lipinski definition) is 1. The Morgan fingerprint density at radius 3 is 1.27 bits per heavy atom. The van der Waals surface area contributed by atoms with Crippen molar-refractivity contribution in [2.75, 3.05) is 5.88 Å². The van der Waals surface area contributed by atoms with Gasteiger partial charge in [-0.2, -0.15) is 0 Å². The second-order valence-corrected chi connectivity index (χ2v) is 19.1. The van der Waals surface area contributed by atoms with Gasteiger partial charge in [0.25, 0.3) is 0 Å². The van der Waals surface area contributed by atoms with E-state index in [-0.39, 0.29) is 0 Å². The minimum atomic E-state index is -3.13. The molecule has 0 aliphatic rings. The van der Waals surface area contributed by atoms with E-state index in [9.17, 15) is 4.80 Å². The normalized spacial score (nSPS) is 13.6. The van der Waals surface area contributed by atoms with Gasteiger partial charge in [-0.3, -0.25) is 0 Å². The summed E-state index contributed by atoms with van der Waals surface area (Å²) in [6.07, 6.45) is 0.771. The van der Waals surface area contributed by atoms with Crippen LogP contribution in [-0.4, -0.2) is 36.1 Å². The molecule has 22 heavy (non-hydrogen) atoms. The predicted octanol–water partition coefficient (Wildman–Crippen LogP) is 5.59. The van der Waals surface area contributed by atoms with Gasteiger partial charge in [0.1, 0.15) is 0 Å². The lowest BCUT2D eigenvalue weighted by Gasteiger charge is -2.42. The van der Waals surface area contributed by atoms with Crippen LogP contribution in [-0.2, 0) is 8.23 Å². The summed E-state index contributed by atoms with van der Waals surface area (Å²) in [5.41, 5.74) is 0. The Morgan fingerprint density at radius 2 is 1.05 bits per heavy atom. The van der Waals surface area contributed by atoms with Gasteiger partial charge in [-0.1, -0.05) is 41.5 Å². The maximum atomic E-state index is 11.3. The van der Waals surface area contributed by atoms with Crippen molar-refractivity contribution >= 4 is 37.0 Å². The van der Waals surface area contributed by atoms with Gasteiger partial charge in [0, 0.05) is 11.9 Å². The second kappa shape index (κ2) is 10.6. The van der Waals surface area contributed by atoms with Crippen LogP contribution < -0.4 is 0 Å². The first-order chi connectivity index (χ1) is 10.3. The fraction of sp³-hybridized carbons (Fsp3) is 1.00. The highest BCUT2D eigenvalue weighted by Crippen LogP contribution is 2.33. The Bertz CT molecular complexity index is 259. The fourth-order valence-electron chi connectivity index (χ4n) is 3.02. The summed E-state index contributed by atoms with van der Waals surface area (Å²) in [7, 11) is -6.88. The highest BCUT2D eigenvalue weighted by atomic mass is 35.5. The monoisotopic (exact) mass is 384 g/mol. The molecule has 0 amide bonds. The zero-order valence-electron chi connectivity index (χ0n) is 15.5. The first-order valence-electron chi connectivity index (χ1n) is 9.02. The van der Waals surface area contributed by atoms with Crippen molar-refractivity contribution in [3.05, 3.63) is 0 Å². The maximum Gasteiger partial charge on any atom is 0.477 e. The third kappa shape index (κ3) is 6.37. The summed E-state index contributed by atoms with van der Waals surface area (Å²) in [4.78, 5) is 11.3. The molecular weight excluding hydrogens is 348 g/mol. The fourth-order valence-corrected chi connectivity index (χ4v) is 17.2. The number of alkyl halides is 1. The summed E-state index contributed by atoms with van der Waals surface area (Å²) in [6, 6.07) is 6.85. The largest absolute Gasteiger partial charge is 0.477 e. The topological polar surface area (TPSA) is 38.7 Å². The van der Waals surface area contributed by atoms with Crippen LogP contribution in [0.15, 0.2) is 0 Å². The summed E-state index contributed by atoms with van der Waals surface area (Å²) >= 11 is 5.88. The molecule has 0 aromatic carbocycles. The molecule has 0 fully saturated rings. The number of hydrogen-bond acceptors (Lipinski definition) is 3. The standard InChI is InChI=1S/C15H37ClO3Si3/c1-7-20(8-2,9-3)18-22(17,15-13-14-16)19-21(10-4,11-5)12-6/h17H,7-15H2,1-6H3. The first kappa shape index (κ1) is 22.8. The molecule has 0 atom stereocenters. The van der Waals surface area contributed by atoms with E-state index in [1.165, 1.54) is 0 Å². The van der Waals surface area contributed by atoms with Crippen LogP contribution in [0.25, 0.3) is 0 Å². The van der Waals surface area contributed by atoms with Crippen molar-refractivity contribution < 1.29 is 13.0 Å². The maximum absolute atomic E-state index is 11.3. The van der Waals surface area contributed by atoms with Crippen LogP contribution in [0.3, 0.4) is 0 Å². The van der Waals surface area contributed by atoms with Crippen molar-refractivity contribution in [2.24, 2.45) is 0 Å². The van der Waals surface area contributed by atoms with Crippen LogP contribution in [0.4, 0.5) is 0 Å². The van der Waals surface area contributed by atoms with Crippen LogP contribution in [0.5, 0.6) is 0 Å². The second-order valence-electron chi connectivity index (χ2n) is 6.20. The van der Waals surface area contributed by atoms with Gasteiger partial charge in [-0.05, 0) is 42.7 Å². The van der Waals surface area contributed by atoms with Crippen molar-refractivity contribution in [1.82, 2.24) is 0 Å². The Morgan fingerprint density at radius 1 is 0.727 bits per heavy atom. The summed E-state index contributed by atoms with van der Waals surface area (Å²) in [5.74, 6) is 0.555. The van der Waals surface area contributed by atoms with E-state index in [0.29, 0.717) is 11.9 Å². The van der Waals surface area contributed by atoms with Gasteiger partial charge < -0.3 is 13.0 Å². The van der Waals surface area contributed by atoms with Crippen LogP contribution in [0.1, 0.15) is 48.0 Å². The average Bonchev–Trinajstić information content (AvgIpc) is 2.56. The lowest BCUT2D eigenvalue weighted by atomic mass is 10.6. The Balaban J connectivity index is 5.37. The lowest BCUT2D eigenvalue weighted by molar-refractivity contribution is 0.235. The Kier molecular flexibility index (Phi) is 11.0. The van der Waals surface area contributed by atoms with Crippen molar-refractivity contribution in [1.29, 1.82) is 0 Å². The van der Waals surface area contributed by atoms with E-state index in [1.807, 2.05) is 0 Å². The highest BCUT2D eigenvalue weighted by Gasteiger charge is 2.49. The molecule has 0 spiro atoms. The quantitative estimate of drug-likeness (QED) is 0.332. The molecule has 0 unspecified atom stereocenters. The molecule has 0 aromatic rings. The number of halogens is 1. The molecule has 0 saturated heterocycles. The van der Waals surface area contributed by atoms with E-state index >= 15 is 0 Å². The van der Waals surface area contributed by atoms with Gasteiger partial charge in [-0.25, -0.2) is 0 Å². The van der Waals surface area contributed by atoms with Crippen LogP contribution >= 0.6 is 11.6 Å². The zero-order valence-corrected chi connectivity index (χ0v) is 19.3. The van der Waals surface area contributed by atoms with Crippen LogP contribution in [0.2, 0.25) is 42.3 Å². The van der Waals surface area contributed by atoms with E-state index < -0.39 is 25.4 Å². The smallest absolute Gasteiger partial charge is 0.416 e. The lowest BCUT2D eigenvalue weighted by Crippen LogP contribution is -2.58. The molecule has 3 nitrogen and oxygen atoms in total. The predicted molar refractivity (Wildman–Crippen MR) is 105 cm³/mol. The molecule has 0 aliphatic heterocycles. The zero-order chi connectivity index (χ0) is 17.3. The van der Waals surface area contributed by atoms with Crippen molar-refractivity contribution in [3.8, 4) is 0 Å². The summed E-state index contributed by atoms with van der Waals surface area (Å²) in [5, 5.41) is 0. The minimum Gasteiger partial charge on any atom is -0.416 e. The van der Waals surface area contributed by atoms with Gasteiger partial charge in [0.2, 0.25) is 0 Å². The highest BCUT2D eigenvalue weighted by molar-refractivity contribution is 6.87. The minimum absolute atomic E-state index is 0.555. The van der Waals surface area contributed by atoms with Crippen molar-refractivity contribution in [2.45, 2.75) is 90.3 Å². The third-order valence-corrected chi connectivity index (χ3v) is 20.2. The molecule has 1 N–H and O–H groups in total. The van der Waals surface area contributed by atoms with Gasteiger partial charge in [0.05, 0.1) is 0 Å². The van der Waals surface area contributed by atoms with E-state index in [0.717, 1.165) is 42.7 Å². The molecule has 0 radical (unpaired) electrons. The van der Waals surface area contributed by atoms with E-state index in [2.05, 4.69) is 41.5 Å². The molecular formula is C15H37ClO3Si3. The van der Waals surface area contributed by atoms with E-state index in [1.54, 1.807) is 0 Å². The molecule has 0 bridgehead atoms. The van der Waals surface area contributed by atoms with Crippen LogP contribution in [0, 0.1) is 0 Å². The van der Waals surface area contributed by atoms with E-state index in [4.69, 9.17) is 19.8 Å². The van der Waals surface area contributed by atoms with Gasteiger partial charge in [-0.15, -0.1) is 11.6 Å². The Labute approximate surface area is 146 Å². The molecule has 0 aromatic heterocycles. The molecule has 0 heterocycles. The molecule has 0 rings (SSSR count). The summed E-state index contributed by atoms with van der Waals surface area (Å²) < 4.78 is 13.0.